The number of rotatable bonds is 6. The van der Waals surface area contributed by atoms with Crippen LogP contribution in [0.5, 0.6) is 0 Å². The first-order valence-electron chi connectivity index (χ1n) is 7.49. The number of aryl methyl sites for hydroxylation is 1. The van der Waals surface area contributed by atoms with Crippen LogP contribution in [0.4, 0.5) is 11.4 Å². The van der Waals surface area contributed by atoms with Gasteiger partial charge in [0, 0.05) is 31.5 Å². The first-order chi connectivity index (χ1) is 10.6. The topological polar surface area (TPSA) is 58.4 Å². The van der Waals surface area contributed by atoms with Gasteiger partial charge in [0.05, 0.1) is 5.56 Å². The highest BCUT2D eigenvalue weighted by Gasteiger charge is 2.10. The fourth-order valence-electron chi connectivity index (χ4n) is 2.30. The number of nitrogens with two attached hydrogens (primary N) is 1. The molecule has 0 heterocycles. The molecule has 0 aliphatic rings. The van der Waals surface area contributed by atoms with E-state index in [0.717, 1.165) is 18.5 Å². The lowest BCUT2D eigenvalue weighted by atomic mass is 10.1. The van der Waals surface area contributed by atoms with Crippen LogP contribution in [0, 0.1) is 6.92 Å². The summed E-state index contributed by atoms with van der Waals surface area (Å²) in [5.41, 5.74) is 9.16. The Hall–Kier alpha value is -2.49. The Labute approximate surface area is 131 Å². The average molecular weight is 297 g/mol. The van der Waals surface area contributed by atoms with Gasteiger partial charge in [0.1, 0.15) is 0 Å². The van der Waals surface area contributed by atoms with Gasteiger partial charge in [-0.05, 0) is 37.1 Å². The van der Waals surface area contributed by atoms with Gasteiger partial charge in [0.25, 0.3) is 5.91 Å². The third-order valence-corrected chi connectivity index (χ3v) is 3.72. The third kappa shape index (κ3) is 4.01. The van der Waals surface area contributed by atoms with Crippen molar-refractivity contribution in [3.8, 4) is 0 Å². The third-order valence-electron chi connectivity index (χ3n) is 3.72. The van der Waals surface area contributed by atoms with Crippen molar-refractivity contribution in [2.24, 2.45) is 0 Å². The summed E-state index contributed by atoms with van der Waals surface area (Å²) in [6, 6.07) is 15.7. The Balaban J connectivity index is 1.79. The number of hydrogen-bond acceptors (Lipinski definition) is 3. The number of anilines is 2. The van der Waals surface area contributed by atoms with Gasteiger partial charge < -0.3 is 16.0 Å². The second-order valence-electron chi connectivity index (χ2n) is 5.40. The molecule has 2 aromatic carbocycles. The first-order valence-corrected chi connectivity index (χ1v) is 7.49. The van der Waals surface area contributed by atoms with E-state index in [1.165, 1.54) is 5.69 Å². The second kappa shape index (κ2) is 7.50. The highest BCUT2D eigenvalue weighted by molar-refractivity contribution is 5.99. The smallest absolute Gasteiger partial charge is 0.253 e. The lowest BCUT2D eigenvalue weighted by Gasteiger charge is -2.19. The molecule has 0 spiro atoms. The zero-order valence-electron chi connectivity index (χ0n) is 13.2. The van der Waals surface area contributed by atoms with Crippen molar-refractivity contribution >= 4 is 17.3 Å². The number of benzene rings is 2. The van der Waals surface area contributed by atoms with Crippen molar-refractivity contribution < 1.29 is 4.79 Å². The molecule has 0 atom stereocenters. The molecule has 4 heteroatoms. The Kier molecular flexibility index (Phi) is 5.42. The molecule has 0 aromatic heterocycles. The fourth-order valence-corrected chi connectivity index (χ4v) is 2.30. The number of para-hydroxylation sites is 2. The van der Waals surface area contributed by atoms with Gasteiger partial charge in [-0.2, -0.15) is 0 Å². The van der Waals surface area contributed by atoms with E-state index in [4.69, 9.17) is 5.73 Å². The van der Waals surface area contributed by atoms with Crippen LogP contribution in [0.15, 0.2) is 48.5 Å². The second-order valence-corrected chi connectivity index (χ2v) is 5.40. The van der Waals surface area contributed by atoms with Gasteiger partial charge in [-0.15, -0.1) is 0 Å². The molecule has 4 nitrogen and oxygen atoms in total. The van der Waals surface area contributed by atoms with Gasteiger partial charge in [0.15, 0.2) is 0 Å². The molecule has 0 bridgehead atoms. The summed E-state index contributed by atoms with van der Waals surface area (Å²) >= 11 is 0. The zero-order valence-corrected chi connectivity index (χ0v) is 13.2. The summed E-state index contributed by atoms with van der Waals surface area (Å²) in [6.07, 6.45) is 0.878. The Bertz CT molecular complexity index is 625. The van der Waals surface area contributed by atoms with Gasteiger partial charge >= 0.3 is 0 Å². The van der Waals surface area contributed by atoms with E-state index in [9.17, 15) is 4.79 Å². The number of carbonyl (C=O) groups is 1. The largest absolute Gasteiger partial charge is 0.398 e. The molecule has 0 fully saturated rings. The molecule has 3 N–H and O–H groups in total. The van der Waals surface area contributed by atoms with Crippen LogP contribution in [-0.4, -0.2) is 26.0 Å². The summed E-state index contributed by atoms with van der Waals surface area (Å²) in [4.78, 5) is 14.3. The summed E-state index contributed by atoms with van der Waals surface area (Å²) in [5.74, 6) is -0.108. The highest BCUT2D eigenvalue weighted by atomic mass is 16.1. The molecule has 2 rings (SSSR count). The molecule has 0 unspecified atom stereocenters. The summed E-state index contributed by atoms with van der Waals surface area (Å²) in [5, 5.41) is 2.93. The number of nitrogen functional groups attached to an aromatic ring is 1. The van der Waals surface area contributed by atoms with Crippen LogP contribution in [0.3, 0.4) is 0 Å². The quantitative estimate of drug-likeness (QED) is 0.637. The van der Waals surface area contributed by atoms with E-state index < -0.39 is 0 Å². The van der Waals surface area contributed by atoms with E-state index >= 15 is 0 Å². The minimum Gasteiger partial charge on any atom is -0.398 e. The SMILES string of the molecule is Cc1cccc(C(=O)NCCCN(C)c2ccccc2)c1N. The van der Waals surface area contributed by atoms with Crippen molar-refractivity contribution in [3.63, 3.8) is 0 Å². The predicted octanol–water partition coefficient (Wildman–Crippen LogP) is 2.83. The van der Waals surface area contributed by atoms with E-state index in [0.29, 0.717) is 17.8 Å². The molecule has 0 saturated heterocycles. The number of nitrogens with one attached hydrogen (secondary N) is 1. The van der Waals surface area contributed by atoms with E-state index in [-0.39, 0.29) is 5.91 Å². The van der Waals surface area contributed by atoms with Gasteiger partial charge in [-0.1, -0.05) is 30.3 Å². The lowest BCUT2D eigenvalue weighted by Crippen LogP contribution is -2.28. The highest BCUT2D eigenvalue weighted by Crippen LogP contribution is 2.16. The van der Waals surface area contributed by atoms with E-state index in [2.05, 4.69) is 29.4 Å². The molecular weight excluding hydrogens is 274 g/mol. The summed E-state index contributed by atoms with van der Waals surface area (Å²) in [6.45, 7) is 3.41. The fraction of sp³-hybridized carbons (Fsp3) is 0.278. The molecule has 22 heavy (non-hydrogen) atoms. The molecule has 0 aliphatic heterocycles. The molecule has 0 radical (unpaired) electrons. The first kappa shape index (κ1) is 15.9. The van der Waals surface area contributed by atoms with E-state index in [1.807, 2.05) is 37.3 Å². The molecule has 116 valence electrons. The van der Waals surface area contributed by atoms with Crippen LogP contribution >= 0.6 is 0 Å². The maximum Gasteiger partial charge on any atom is 0.253 e. The molecule has 0 aliphatic carbocycles. The minimum absolute atomic E-state index is 0.108. The monoisotopic (exact) mass is 297 g/mol. The maximum absolute atomic E-state index is 12.1. The van der Waals surface area contributed by atoms with Crippen molar-refractivity contribution in [1.82, 2.24) is 5.32 Å². The van der Waals surface area contributed by atoms with Gasteiger partial charge in [-0.3, -0.25) is 4.79 Å². The van der Waals surface area contributed by atoms with Crippen molar-refractivity contribution in [2.45, 2.75) is 13.3 Å². The maximum atomic E-state index is 12.1. The number of hydrogen-bond donors (Lipinski definition) is 2. The van der Waals surface area contributed by atoms with Crippen molar-refractivity contribution in [2.75, 3.05) is 30.8 Å². The van der Waals surface area contributed by atoms with Crippen molar-refractivity contribution in [3.05, 3.63) is 59.7 Å². The molecule has 2 aromatic rings. The number of carbonyl (C=O) groups excluding carboxylic acids is 1. The van der Waals surface area contributed by atoms with Crippen LogP contribution in [0.2, 0.25) is 0 Å². The predicted molar refractivity (Wildman–Crippen MR) is 92.3 cm³/mol. The average Bonchev–Trinajstić information content (AvgIpc) is 2.54. The molecule has 0 saturated carbocycles. The van der Waals surface area contributed by atoms with E-state index in [1.54, 1.807) is 6.07 Å². The normalized spacial score (nSPS) is 10.3. The van der Waals surface area contributed by atoms with Gasteiger partial charge in [0.2, 0.25) is 0 Å². The van der Waals surface area contributed by atoms with Crippen LogP contribution in [-0.2, 0) is 0 Å². The van der Waals surface area contributed by atoms with Crippen LogP contribution in [0.1, 0.15) is 22.3 Å². The Morgan fingerprint density at radius 3 is 2.59 bits per heavy atom. The van der Waals surface area contributed by atoms with Crippen LogP contribution < -0.4 is 16.0 Å². The minimum atomic E-state index is -0.108. The Morgan fingerprint density at radius 1 is 1.14 bits per heavy atom. The number of amides is 1. The lowest BCUT2D eigenvalue weighted by molar-refractivity contribution is 0.0954. The van der Waals surface area contributed by atoms with Crippen LogP contribution in [0.25, 0.3) is 0 Å². The zero-order chi connectivity index (χ0) is 15.9. The molecule has 1 amide bonds. The summed E-state index contributed by atoms with van der Waals surface area (Å²) < 4.78 is 0. The Morgan fingerprint density at radius 2 is 1.86 bits per heavy atom. The summed E-state index contributed by atoms with van der Waals surface area (Å²) in [7, 11) is 2.05. The molecular formula is C18H23N3O. The van der Waals surface area contributed by atoms with Gasteiger partial charge in [-0.25, -0.2) is 0 Å². The standard InChI is InChI=1S/C18H23N3O/c1-14-8-6-11-16(17(14)19)18(22)20-12-7-13-21(2)15-9-4-3-5-10-15/h3-6,8-11H,7,12-13,19H2,1-2H3,(H,20,22). The van der Waals surface area contributed by atoms with Crippen molar-refractivity contribution in [1.29, 1.82) is 0 Å². The number of nitrogens with zero attached hydrogens (tertiary/aromatic N) is 1.